The van der Waals surface area contributed by atoms with Crippen molar-refractivity contribution >= 4 is 17.3 Å². The van der Waals surface area contributed by atoms with E-state index in [2.05, 4.69) is 20.0 Å². The number of fused-ring (bicyclic) bond motifs is 1. The van der Waals surface area contributed by atoms with Crippen molar-refractivity contribution in [1.29, 1.82) is 0 Å². The minimum Gasteiger partial charge on any atom is -0.493 e. The molecule has 0 atom stereocenters. The lowest BCUT2D eigenvalue weighted by molar-refractivity contribution is -0.137. The highest BCUT2D eigenvalue weighted by Gasteiger charge is 2.31. The number of nitrogens with zero attached hydrogens (tertiary/aromatic N) is 6. The topological polar surface area (TPSA) is 68.0 Å². The van der Waals surface area contributed by atoms with Gasteiger partial charge in [-0.2, -0.15) is 27.8 Å². The summed E-state index contributed by atoms with van der Waals surface area (Å²) in [6, 6.07) is 11.1. The Hall–Kier alpha value is -4.02. The van der Waals surface area contributed by atoms with Gasteiger partial charge in [0.2, 0.25) is 0 Å². The molecule has 0 spiro atoms. The summed E-state index contributed by atoms with van der Waals surface area (Å²) in [5.74, 6) is 2.47. The number of hydrogen-bond donors (Lipinski definition) is 0. The van der Waals surface area contributed by atoms with Gasteiger partial charge in [0.15, 0.2) is 11.5 Å². The maximum Gasteiger partial charge on any atom is 0.416 e. The number of piperazine rings is 1. The summed E-state index contributed by atoms with van der Waals surface area (Å²) in [4.78, 5) is 12.8. The van der Waals surface area contributed by atoms with Gasteiger partial charge in [-0.1, -0.05) is 12.1 Å². The zero-order chi connectivity index (χ0) is 24.6. The van der Waals surface area contributed by atoms with Gasteiger partial charge in [-0.05, 0) is 35.9 Å². The summed E-state index contributed by atoms with van der Waals surface area (Å²) in [6.45, 7) is 2.25. The highest BCUT2D eigenvalue weighted by molar-refractivity contribution is 5.78. The van der Waals surface area contributed by atoms with Gasteiger partial charge in [-0.3, -0.25) is 0 Å². The first-order valence-corrected chi connectivity index (χ1v) is 11.0. The van der Waals surface area contributed by atoms with E-state index in [1.807, 2.05) is 23.1 Å². The molecule has 11 heteroatoms. The van der Waals surface area contributed by atoms with E-state index in [-0.39, 0.29) is 0 Å². The molecule has 35 heavy (non-hydrogen) atoms. The van der Waals surface area contributed by atoms with Crippen molar-refractivity contribution < 1.29 is 22.6 Å². The average Bonchev–Trinajstić information content (AvgIpc) is 3.36. The van der Waals surface area contributed by atoms with Gasteiger partial charge >= 0.3 is 6.18 Å². The van der Waals surface area contributed by atoms with Gasteiger partial charge in [-0.25, -0.2) is 4.98 Å². The molecule has 1 aliphatic heterocycles. The summed E-state index contributed by atoms with van der Waals surface area (Å²) in [5.41, 5.74) is 1.60. The molecule has 0 N–H and O–H groups in total. The van der Waals surface area contributed by atoms with Crippen LogP contribution in [0.1, 0.15) is 5.56 Å². The third kappa shape index (κ3) is 4.29. The fourth-order valence-corrected chi connectivity index (χ4v) is 4.33. The van der Waals surface area contributed by atoms with Crippen molar-refractivity contribution in [3.63, 3.8) is 0 Å². The predicted octanol–water partition coefficient (Wildman–Crippen LogP) is 4.15. The maximum atomic E-state index is 13.2. The Kier molecular flexibility index (Phi) is 5.83. The number of alkyl halides is 3. The van der Waals surface area contributed by atoms with Gasteiger partial charge in [-0.15, -0.1) is 0 Å². The summed E-state index contributed by atoms with van der Waals surface area (Å²) < 4.78 is 52.1. The van der Waals surface area contributed by atoms with Crippen LogP contribution >= 0.6 is 0 Å². The molecule has 182 valence electrons. The van der Waals surface area contributed by atoms with Crippen LogP contribution < -0.4 is 19.3 Å². The highest BCUT2D eigenvalue weighted by atomic mass is 19.4. The van der Waals surface area contributed by atoms with E-state index in [4.69, 9.17) is 9.47 Å². The van der Waals surface area contributed by atoms with Crippen LogP contribution in [0.5, 0.6) is 11.5 Å². The largest absolute Gasteiger partial charge is 0.493 e. The van der Waals surface area contributed by atoms with Crippen molar-refractivity contribution in [3.05, 3.63) is 60.6 Å². The van der Waals surface area contributed by atoms with E-state index >= 15 is 0 Å². The fourth-order valence-electron chi connectivity index (χ4n) is 4.33. The fraction of sp³-hybridized carbons (Fsp3) is 0.292. The first kappa shape index (κ1) is 22.8. The van der Waals surface area contributed by atoms with Crippen LogP contribution in [0.15, 0.2) is 55.0 Å². The van der Waals surface area contributed by atoms with Crippen LogP contribution in [0.2, 0.25) is 0 Å². The third-order valence-corrected chi connectivity index (χ3v) is 6.09. The molecule has 3 heterocycles. The summed E-state index contributed by atoms with van der Waals surface area (Å²) in [7, 11) is 3.16. The number of rotatable bonds is 5. The molecule has 5 rings (SSSR count). The second-order valence-electron chi connectivity index (χ2n) is 8.06. The number of hydrogen-bond acceptors (Lipinski definition) is 7. The minimum atomic E-state index is -4.37. The van der Waals surface area contributed by atoms with Crippen molar-refractivity contribution in [1.82, 2.24) is 19.6 Å². The Labute approximate surface area is 199 Å². The Morgan fingerprint density at radius 3 is 2.31 bits per heavy atom. The Bertz CT molecular complexity index is 1350. The lowest BCUT2D eigenvalue weighted by atomic mass is 10.1. The normalized spacial score (nSPS) is 14.4. The summed E-state index contributed by atoms with van der Waals surface area (Å²) >= 11 is 0. The SMILES string of the molecule is COc1ccc(-c2cnc3ncnn3c2N2CCN(c3cccc(C(F)(F)F)c3)CC2)cc1OC. The molecule has 0 unspecified atom stereocenters. The Morgan fingerprint density at radius 1 is 0.857 bits per heavy atom. The number of halogens is 3. The second kappa shape index (κ2) is 8.97. The molecule has 0 amide bonds. The van der Waals surface area contributed by atoms with Crippen LogP contribution in [0.4, 0.5) is 24.7 Å². The number of aromatic nitrogens is 4. The van der Waals surface area contributed by atoms with Crippen LogP contribution in [0.25, 0.3) is 16.9 Å². The Balaban J connectivity index is 1.47. The second-order valence-corrected chi connectivity index (χ2v) is 8.06. The highest BCUT2D eigenvalue weighted by Crippen LogP contribution is 2.37. The van der Waals surface area contributed by atoms with Gasteiger partial charge in [0.1, 0.15) is 12.1 Å². The quantitative estimate of drug-likeness (QED) is 0.422. The van der Waals surface area contributed by atoms with Crippen LogP contribution in [0.3, 0.4) is 0 Å². The van der Waals surface area contributed by atoms with E-state index in [1.165, 1.54) is 18.5 Å². The number of methoxy groups -OCH3 is 2. The summed E-state index contributed by atoms with van der Waals surface area (Å²) in [6.07, 6.45) is -1.18. The van der Waals surface area contributed by atoms with Crippen molar-refractivity contribution in [3.8, 4) is 22.6 Å². The van der Waals surface area contributed by atoms with Crippen molar-refractivity contribution in [2.45, 2.75) is 6.18 Å². The standard InChI is InChI=1S/C24H23F3N6O2/c1-34-20-7-6-16(12-21(20)35-2)19-14-28-23-29-15-30-33(23)22(19)32-10-8-31(9-11-32)18-5-3-4-17(13-18)24(25,26)27/h3-7,12-15H,8-11H2,1-2H3. The van der Waals surface area contributed by atoms with Crippen LogP contribution in [-0.2, 0) is 6.18 Å². The molecular formula is C24H23F3N6O2. The predicted molar refractivity (Wildman–Crippen MR) is 125 cm³/mol. The molecule has 2 aromatic heterocycles. The lowest BCUT2D eigenvalue weighted by Crippen LogP contribution is -2.47. The van der Waals surface area contributed by atoms with Crippen LogP contribution in [-0.4, -0.2) is 60.0 Å². The maximum absolute atomic E-state index is 13.2. The average molecular weight is 484 g/mol. The molecule has 1 fully saturated rings. The van der Waals surface area contributed by atoms with E-state index in [0.29, 0.717) is 49.1 Å². The van der Waals surface area contributed by atoms with Gasteiger partial charge < -0.3 is 19.3 Å². The Morgan fingerprint density at radius 2 is 1.60 bits per heavy atom. The molecule has 0 saturated carbocycles. The van der Waals surface area contributed by atoms with E-state index in [1.54, 1.807) is 31.0 Å². The van der Waals surface area contributed by atoms with Gasteiger partial charge in [0.05, 0.1) is 19.8 Å². The van der Waals surface area contributed by atoms with Gasteiger partial charge in [0, 0.05) is 43.6 Å². The number of benzene rings is 2. The number of ether oxygens (including phenoxy) is 2. The molecular weight excluding hydrogens is 461 g/mol. The molecule has 4 aromatic rings. The van der Waals surface area contributed by atoms with Crippen LogP contribution in [0, 0.1) is 0 Å². The monoisotopic (exact) mass is 484 g/mol. The molecule has 1 saturated heterocycles. The van der Waals surface area contributed by atoms with E-state index in [9.17, 15) is 13.2 Å². The zero-order valence-corrected chi connectivity index (χ0v) is 19.2. The van der Waals surface area contributed by atoms with Crippen molar-refractivity contribution in [2.75, 3.05) is 50.2 Å². The number of anilines is 2. The first-order chi connectivity index (χ1) is 16.9. The van der Waals surface area contributed by atoms with Crippen molar-refractivity contribution in [2.24, 2.45) is 0 Å². The van der Waals surface area contributed by atoms with E-state index in [0.717, 1.165) is 23.0 Å². The molecule has 1 aliphatic rings. The summed E-state index contributed by atoms with van der Waals surface area (Å²) in [5, 5.41) is 4.38. The first-order valence-electron chi connectivity index (χ1n) is 11.0. The lowest BCUT2D eigenvalue weighted by Gasteiger charge is -2.38. The van der Waals surface area contributed by atoms with E-state index < -0.39 is 11.7 Å². The molecule has 2 aromatic carbocycles. The molecule has 0 radical (unpaired) electrons. The third-order valence-electron chi connectivity index (χ3n) is 6.09. The molecule has 0 bridgehead atoms. The minimum absolute atomic E-state index is 0.463. The molecule has 8 nitrogen and oxygen atoms in total. The molecule has 0 aliphatic carbocycles. The zero-order valence-electron chi connectivity index (χ0n) is 19.2. The van der Waals surface area contributed by atoms with Gasteiger partial charge in [0.25, 0.3) is 5.78 Å². The smallest absolute Gasteiger partial charge is 0.416 e.